The fourth-order valence-electron chi connectivity index (χ4n) is 2.93. The molecule has 96 valence electrons. The van der Waals surface area contributed by atoms with Crippen molar-refractivity contribution in [3.8, 4) is 0 Å². The summed E-state index contributed by atoms with van der Waals surface area (Å²) >= 11 is 0. The van der Waals surface area contributed by atoms with Crippen molar-refractivity contribution in [2.75, 3.05) is 13.7 Å². The Balaban J connectivity index is 1.83. The first-order valence-corrected chi connectivity index (χ1v) is 6.54. The Morgan fingerprint density at radius 3 is 2.61 bits per heavy atom. The molecule has 1 amide bonds. The molecule has 2 aliphatic carbocycles. The van der Waals surface area contributed by atoms with Crippen molar-refractivity contribution >= 4 is 5.91 Å². The molecule has 2 fully saturated rings. The Morgan fingerprint density at radius 1 is 1.50 bits per heavy atom. The van der Waals surface area contributed by atoms with Crippen molar-refractivity contribution in [3.05, 3.63) is 35.4 Å². The van der Waals surface area contributed by atoms with Gasteiger partial charge in [-0.3, -0.25) is 4.79 Å². The lowest BCUT2D eigenvalue weighted by atomic mass is 10.00. The first-order chi connectivity index (χ1) is 8.60. The van der Waals surface area contributed by atoms with E-state index in [4.69, 9.17) is 0 Å². The van der Waals surface area contributed by atoms with Crippen LogP contribution < -0.4 is 0 Å². The maximum Gasteiger partial charge on any atom is 0.229 e. The SMILES string of the molecule is Cc1ccccc1C(CO)N(C)C(=O)C12CC1C2. The molecule has 0 saturated heterocycles. The van der Waals surface area contributed by atoms with E-state index in [1.165, 1.54) is 0 Å². The standard InChI is InChI=1S/C15H19NO2/c1-10-5-3-4-6-12(10)13(9-17)16(2)14(18)15-7-11(15)8-15/h3-6,11,13,17H,7-9H2,1-2H3. The van der Waals surface area contributed by atoms with E-state index in [2.05, 4.69) is 0 Å². The van der Waals surface area contributed by atoms with E-state index < -0.39 is 0 Å². The van der Waals surface area contributed by atoms with Gasteiger partial charge in [0.05, 0.1) is 18.1 Å². The van der Waals surface area contributed by atoms with E-state index in [1.807, 2.05) is 38.2 Å². The summed E-state index contributed by atoms with van der Waals surface area (Å²) in [6, 6.07) is 7.74. The van der Waals surface area contributed by atoms with E-state index in [0.29, 0.717) is 5.92 Å². The Labute approximate surface area is 107 Å². The maximum absolute atomic E-state index is 12.4. The normalized spacial score (nSPS) is 29.4. The molecule has 2 aliphatic rings. The zero-order valence-corrected chi connectivity index (χ0v) is 10.9. The number of carbonyl (C=O) groups excluding carboxylic acids is 1. The van der Waals surface area contributed by atoms with Gasteiger partial charge in [-0.2, -0.15) is 0 Å². The van der Waals surface area contributed by atoms with Crippen LogP contribution >= 0.6 is 0 Å². The molecule has 0 spiro atoms. The molecule has 3 heteroatoms. The second-order valence-corrected chi connectivity index (χ2v) is 5.73. The summed E-state index contributed by atoms with van der Waals surface area (Å²) in [5.41, 5.74) is 2.15. The van der Waals surface area contributed by atoms with E-state index in [1.54, 1.807) is 4.90 Å². The van der Waals surface area contributed by atoms with Crippen LogP contribution in [-0.2, 0) is 4.79 Å². The molecule has 1 aromatic rings. The summed E-state index contributed by atoms with van der Waals surface area (Å²) in [7, 11) is 1.82. The second kappa shape index (κ2) is 3.82. The fourth-order valence-corrected chi connectivity index (χ4v) is 2.93. The third kappa shape index (κ3) is 1.57. The van der Waals surface area contributed by atoms with Crippen LogP contribution in [0.3, 0.4) is 0 Å². The molecule has 3 nitrogen and oxygen atoms in total. The molecule has 1 aromatic carbocycles. The highest BCUT2D eigenvalue weighted by atomic mass is 16.3. The molecule has 1 N–H and O–H groups in total. The molecule has 18 heavy (non-hydrogen) atoms. The third-order valence-corrected chi connectivity index (χ3v) is 4.62. The molecule has 0 bridgehead atoms. The number of nitrogens with zero attached hydrogens (tertiary/aromatic N) is 1. The number of benzene rings is 1. The number of aliphatic hydroxyl groups excluding tert-OH is 1. The van der Waals surface area contributed by atoms with Crippen LogP contribution in [0.5, 0.6) is 0 Å². The number of aryl methyl sites for hydroxylation is 1. The van der Waals surface area contributed by atoms with Gasteiger partial charge in [0.15, 0.2) is 0 Å². The number of carbonyl (C=O) groups is 1. The molecule has 0 radical (unpaired) electrons. The molecule has 0 heterocycles. The monoisotopic (exact) mass is 245 g/mol. The number of fused-ring (bicyclic) bond motifs is 1. The Bertz CT molecular complexity index is 491. The number of rotatable bonds is 4. The van der Waals surface area contributed by atoms with E-state index in [-0.39, 0.29) is 24.0 Å². The molecular weight excluding hydrogens is 226 g/mol. The van der Waals surface area contributed by atoms with Crippen LogP contribution in [-0.4, -0.2) is 29.6 Å². The highest BCUT2D eigenvalue weighted by Crippen LogP contribution is 2.76. The zero-order valence-electron chi connectivity index (χ0n) is 10.9. The van der Waals surface area contributed by atoms with Crippen LogP contribution in [0.2, 0.25) is 0 Å². The Hall–Kier alpha value is -1.35. The van der Waals surface area contributed by atoms with Gasteiger partial charge in [0.1, 0.15) is 0 Å². The van der Waals surface area contributed by atoms with Gasteiger partial charge in [-0.1, -0.05) is 24.3 Å². The maximum atomic E-state index is 12.4. The predicted molar refractivity (Wildman–Crippen MR) is 68.9 cm³/mol. The van der Waals surface area contributed by atoms with Crippen LogP contribution in [0, 0.1) is 18.3 Å². The number of likely N-dealkylation sites (N-methyl/N-ethyl adjacent to an activating group) is 1. The summed E-state index contributed by atoms with van der Waals surface area (Å²) in [5, 5.41) is 9.63. The lowest BCUT2D eigenvalue weighted by Gasteiger charge is -2.29. The van der Waals surface area contributed by atoms with Gasteiger partial charge in [-0.25, -0.2) is 0 Å². The van der Waals surface area contributed by atoms with Crippen molar-refractivity contribution < 1.29 is 9.90 Å². The van der Waals surface area contributed by atoms with Crippen molar-refractivity contribution in [3.63, 3.8) is 0 Å². The largest absolute Gasteiger partial charge is 0.394 e. The Kier molecular flexibility index (Phi) is 2.49. The van der Waals surface area contributed by atoms with E-state index >= 15 is 0 Å². The lowest BCUT2D eigenvalue weighted by Crippen LogP contribution is -2.36. The van der Waals surface area contributed by atoms with Gasteiger partial charge in [-0.05, 0) is 36.8 Å². The van der Waals surface area contributed by atoms with Crippen LogP contribution in [0.1, 0.15) is 30.0 Å². The highest BCUT2D eigenvalue weighted by molar-refractivity contribution is 5.90. The molecule has 3 rings (SSSR count). The first-order valence-electron chi connectivity index (χ1n) is 6.54. The number of hydrogen-bond acceptors (Lipinski definition) is 2. The molecule has 0 aliphatic heterocycles. The molecule has 1 unspecified atom stereocenters. The van der Waals surface area contributed by atoms with Gasteiger partial charge >= 0.3 is 0 Å². The topological polar surface area (TPSA) is 40.5 Å². The number of aliphatic hydroxyl groups is 1. The fraction of sp³-hybridized carbons (Fsp3) is 0.533. The van der Waals surface area contributed by atoms with Crippen molar-refractivity contribution in [1.29, 1.82) is 0 Å². The highest BCUT2D eigenvalue weighted by Gasteiger charge is 2.75. The molecular formula is C15H19NO2. The van der Waals surface area contributed by atoms with Crippen molar-refractivity contribution in [2.45, 2.75) is 25.8 Å². The predicted octanol–water partition coefficient (Wildman–Crippen LogP) is 1.90. The summed E-state index contributed by atoms with van der Waals surface area (Å²) in [4.78, 5) is 14.1. The smallest absolute Gasteiger partial charge is 0.229 e. The summed E-state index contributed by atoms with van der Waals surface area (Å²) < 4.78 is 0. The minimum Gasteiger partial charge on any atom is -0.394 e. The zero-order chi connectivity index (χ0) is 12.9. The van der Waals surface area contributed by atoms with Crippen molar-refractivity contribution in [1.82, 2.24) is 4.90 Å². The van der Waals surface area contributed by atoms with Gasteiger partial charge in [0.2, 0.25) is 5.91 Å². The molecule has 1 atom stereocenters. The van der Waals surface area contributed by atoms with Gasteiger partial charge < -0.3 is 10.0 Å². The first kappa shape index (κ1) is 11.7. The number of hydrogen-bond donors (Lipinski definition) is 1. The van der Waals surface area contributed by atoms with Crippen LogP contribution in [0.15, 0.2) is 24.3 Å². The molecule has 2 saturated carbocycles. The minimum absolute atomic E-state index is 0.0200. The Morgan fingerprint density at radius 2 is 2.11 bits per heavy atom. The van der Waals surface area contributed by atoms with E-state index in [9.17, 15) is 9.90 Å². The minimum atomic E-state index is -0.213. The molecule has 0 aromatic heterocycles. The van der Waals surface area contributed by atoms with Crippen LogP contribution in [0.4, 0.5) is 0 Å². The van der Waals surface area contributed by atoms with Gasteiger partial charge in [-0.15, -0.1) is 0 Å². The average Bonchev–Trinajstić information content (AvgIpc) is 3.20. The van der Waals surface area contributed by atoms with Gasteiger partial charge in [0, 0.05) is 7.05 Å². The van der Waals surface area contributed by atoms with Crippen LogP contribution in [0.25, 0.3) is 0 Å². The second-order valence-electron chi connectivity index (χ2n) is 5.73. The summed E-state index contributed by atoms with van der Waals surface area (Å²) in [6.07, 6.45) is 2.12. The summed E-state index contributed by atoms with van der Waals surface area (Å²) in [6.45, 7) is 2.00. The quantitative estimate of drug-likeness (QED) is 0.880. The average molecular weight is 245 g/mol. The third-order valence-electron chi connectivity index (χ3n) is 4.62. The van der Waals surface area contributed by atoms with Gasteiger partial charge in [0.25, 0.3) is 0 Å². The lowest BCUT2D eigenvalue weighted by molar-refractivity contribution is -0.136. The van der Waals surface area contributed by atoms with Crippen molar-refractivity contribution in [2.24, 2.45) is 11.3 Å². The van der Waals surface area contributed by atoms with E-state index in [0.717, 1.165) is 24.0 Å². The summed E-state index contributed by atoms with van der Waals surface area (Å²) in [5.74, 6) is 0.860. The number of amides is 1.